The first-order valence-corrected chi connectivity index (χ1v) is 6.61. The molecule has 4 nitrogen and oxygen atoms in total. The number of hydrogen-bond donors (Lipinski definition) is 2. The fraction of sp³-hybridized carbons (Fsp3) is 0.429. The van der Waals surface area contributed by atoms with Crippen LogP contribution in [0, 0.1) is 5.92 Å². The fourth-order valence-corrected chi connectivity index (χ4v) is 1.74. The second kappa shape index (κ2) is 7.79. The van der Waals surface area contributed by atoms with Crippen LogP contribution in [0.15, 0.2) is 24.3 Å². The van der Waals surface area contributed by atoms with Gasteiger partial charge < -0.3 is 10.4 Å². The van der Waals surface area contributed by atoms with Crippen LogP contribution in [0.5, 0.6) is 0 Å². The molecule has 0 heterocycles. The van der Waals surface area contributed by atoms with Gasteiger partial charge in [0.05, 0.1) is 12.3 Å². The summed E-state index contributed by atoms with van der Waals surface area (Å²) in [7, 11) is 0. The van der Waals surface area contributed by atoms with E-state index in [1.807, 2.05) is 12.1 Å². The van der Waals surface area contributed by atoms with Gasteiger partial charge in [0, 0.05) is 11.6 Å². The highest BCUT2D eigenvalue weighted by molar-refractivity contribution is 6.30. The smallest absolute Gasteiger partial charge is 0.306 e. The Hall–Kier alpha value is -1.55. The molecule has 0 bridgehead atoms. The SMILES string of the molecule is CC(CCCNC(=O)Cc1ccc(Cl)cc1)C(=O)O. The molecule has 0 radical (unpaired) electrons. The molecule has 0 aromatic heterocycles. The largest absolute Gasteiger partial charge is 0.481 e. The van der Waals surface area contributed by atoms with Crippen molar-refractivity contribution in [2.24, 2.45) is 5.92 Å². The Morgan fingerprint density at radius 2 is 1.95 bits per heavy atom. The molecule has 0 aliphatic heterocycles. The van der Waals surface area contributed by atoms with E-state index in [0.717, 1.165) is 5.56 Å². The molecule has 1 aromatic carbocycles. The average Bonchev–Trinajstić information content (AvgIpc) is 2.37. The zero-order chi connectivity index (χ0) is 14.3. The third-order valence-corrected chi connectivity index (χ3v) is 3.09. The number of benzene rings is 1. The third kappa shape index (κ3) is 6.25. The first-order chi connectivity index (χ1) is 8.99. The summed E-state index contributed by atoms with van der Waals surface area (Å²) in [6, 6.07) is 7.13. The van der Waals surface area contributed by atoms with E-state index in [4.69, 9.17) is 16.7 Å². The summed E-state index contributed by atoms with van der Waals surface area (Å²) in [6.45, 7) is 2.17. The van der Waals surface area contributed by atoms with Gasteiger partial charge in [0.2, 0.25) is 5.91 Å². The number of nitrogens with one attached hydrogen (secondary N) is 1. The van der Waals surface area contributed by atoms with Gasteiger partial charge in [-0.1, -0.05) is 30.7 Å². The molecule has 1 atom stereocenters. The molecule has 1 rings (SSSR count). The van der Waals surface area contributed by atoms with Crippen molar-refractivity contribution in [3.05, 3.63) is 34.9 Å². The Bertz CT molecular complexity index is 431. The number of rotatable bonds is 7. The number of carbonyl (C=O) groups excluding carboxylic acids is 1. The highest BCUT2D eigenvalue weighted by Crippen LogP contribution is 2.10. The van der Waals surface area contributed by atoms with Gasteiger partial charge in [-0.15, -0.1) is 0 Å². The Morgan fingerprint density at radius 3 is 2.53 bits per heavy atom. The van der Waals surface area contributed by atoms with Gasteiger partial charge >= 0.3 is 5.97 Å². The summed E-state index contributed by atoms with van der Waals surface area (Å²) in [6.07, 6.45) is 1.54. The summed E-state index contributed by atoms with van der Waals surface area (Å²) in [4.78, 5) is 22.2. The zero-order valence-corrected chi connectivity index (χ0v) is 11.6. The van der Waals surface area contributed by atoms with Gasteiger partial charge in [0.15, 0.2) is 0 Å². The zero-order valence-electron chi connectivity index (χ0n) is 10.9. The molecule has 0 aliphatic carbocycles. The Balaban J connectivity index is 2.21. The summed E-state index contributed by atoms with van der Waals surface area (Å²) in [5.74, 6) is -1.23. The number of amides is 1. The van der Waals surface area contributed by atoms with E-state index in [9.17, 15) is 9.59 Å². The first kappa shape index (κ1) is 15.5. The Kier molecular flexibility index (Phi) is 6.36. The minimum absolute atomic E-state index is 0.0645. The number of halogens is 1. The maximum atomic E-state index is 11.6. The molecule has 0 spiro atoms. The Labute approximate surface area is 117 Å². The van der Waals surface area contributed by atoms with Crippen molar-refractivity contribution in [2.75, 3.05) is 6.54 Å². The molecule has 1 aromatic rings. The maximum absolute atomic E-state index is 11.6. The summed E-state index contributed by atoms with van der Waals surface area (Å²) >= 11 is 5.76. The highest BCUT2D eigenvalue weighted by atomic mass is 35.5. The lowest BCUT2D eigenvalue weighted by Gasteiger charge is -2.07. The van der Waals surface area contributed by atoms with E-state index in [2.05, 4.69) is 5.32 Å². The van der Waals surface area contributed by atoms with Crippen LogP contribution in [0.1, 0.15) is 25.3 Å². The van der Waals surface area contributed by atoms with E-state index in [1.54, 1.807) is 19.1 Å². The summed E-state index contributed by atoms with van der Waals surface area (Å²) in [5, 5.41) is 12.1. The second-order valence-electron chi connectivity index (χ2n) is 4.53. The molecule has 0 saturated carbocycles. The summed E-state index contributed by atoms with van der Waals surface area (Å²) in [5.41, 5.74) is 0.904. The van der Waals surface area contributed by atoms with Crippen molar-refractivity contribution in [1.82, 2.24) is 5.32 Å². The predicted molar refractivity (Wildman–Crippen MR) is 74.2 cm³/mol. The molecule has 0 saturated heterocycles. The van der Waals surface area contributed by atoms with Crippen LogP contribution in [0.4, 0.5) is 0 Å². The van der Waals surface area contributed by atoms with E-state index in [1.165, 1.54) is 0 Å². The lowest BCUT2D eigenvalue weighted by molar-refractivity contribution is -0.141. The highest BCUT2D eigenvalue weighted by Gasteiger charge is 2.10. The minimum atomic E-state index is -0.799. The molecular formula is C14H18ClNO3. The van der Waals surface area contributed by atoms with Gasteiger partial charge in [-0.3, -0.25) is 9.59 Å². The van der Waals surface area contributed by atoms with Crippen LogP contribution < -0.4 is 5.32 Å². The molecule has 1 unspecified atom stereocenters. The lowest BCUT2D eigenvalue weighted by atomic mass is 10.1. The van der Waals surface area contributed by atoms with Gasteiger partial charge in [0.1, 0.15) is 0 Å². The molecular weight excluding hydrogens is 266 g/mol. The van der Waals surface area contributed by atoms with Crippen molar-refractivity contribution >= 4 is 23.5 Å². The number of carbonyl (C=O) groups is 2. The lowest BCUT2D eigenvalue weighted by Crippen LogP contribution is -2.26. The van der Waals surface area contributed by atoms with Gasteiger partial charge in [-0.25, -0.2) is 0 Å². The monoisotopic (exact) mass is 283 g/mol. The second-order valence-corrected chi connectivity index (χ2v) is 4.97. The van der Waals surface area contributed by atoms with Gasteiger partial charge in [0.25, 0.3) is 0 Å². The van der Waals surface area contributed by atoms with E-state index in [-0.39, 0.29) is 11.8 Å². The standard InChI is InChI=1S/C14H18ClNO3/c1-10(14(18)19)3-2-8-16-13(17)9-11-4-6-12(15)7-5-11/h4-7,10H,2-3,8-9H2,1H3,(H,16,17)(H,18,19). The average molecular weight is 284 g/mol. The van der Waals surface area contributed by atoms with E-state index < -0.39 is 5.97 Å². The molecule has 0 fully saturated rings. The third-order valence-electron chi connectivity index (χ3n) is 2.84. The normalized spacial score (nSPS) is 11.9. The van der Waals surface area contributed by atoms with E-state index in [0.29, 0.717) is 30.8 Å². The summed E-state index contributed by atoms with van der Waals surface area (Å²) < 4.78 is 0. The van der Waals surface area contributed by atoms with Gasteiger partial charge in [-0.2, -0.15) is 0 Å². The topological polar surface area (TPSA) is 66.4 Å². The van der Waals surface area contributed by atoms with Crippen molar-refractivity contribution in [2.45, 2.75) is 26.2 Å². The molecule has 5 heteroatoms. The van der Waals surface area contributed by atoms with Crippen LogP contribution in [-0.4, -0.2) is 23.5 Å². The number of hydrogen-bond acceptors (Lipinski definition) is 2. The Morgan fingerprint density at radius 1 is 1.32 bits per heavy atom. The van der Waals surface area contributed by atoms with Crippen LogP contribution in [0.25, 0.3) is 0 Å². The fourth-order valence-electron chi connectivity index (χ4n) is 1.61. The number of carboxylic acids is 1. The predicted octanol–water partition coefficient (Wildman–Crippen LogP) is 2.50. The molecule has 0 aliphatic rings. The number of carboxylic acid groups (broad SMARTS) is 1. The van der Waals surface area contributed by atoms with Crippen molar-refractivity contribution in [1.29, 1.82) is 0 Å². The van der Waals surface area contributed by atoms with Crippen LogP contribution >= 0.6 is 11.6 Å². The minimum Gasteiger partial charge on any atom is -0.481 e. The van der Waals surface area contributed by atoms with Crippen molar-refractivity contribution in [3.8, 4) is 0 Å². The molecule has 1 amide bonds. The van der Waals surface area contributed by atoms with Crippen molar-refractivity contribution < 1.29 is 14.7 Å². The van der Waals surface area contributed by atoms with Crippen molar-refractivity contribution in [3.63, 3.8) is 0 Å². The van der Waals surface area contributed by atoms with Crippen LogP contribution in [0.2, 0.25) is 5.02 Å². The first-order valence-electron chi connectivity index (χ1n) is 6.23. The quantitative estimate of drug-likeness (QED) is 0.756. The number of aliphatic carboxylic acids is 1. The van der Waals surface area contributed by atoms with Crippen LogP contribution in [0.3, 0.4) is 0 Å². The van der Waals surface area contributed by atoms with Crippen LogP contribution in [-0.2, 0) is 16.0 Å². The molecule has 104 valence electrons. The molecule has 19 heavy (non-hydrogen) atoms. The van der Waals surface area contributed by atoms with Gasteiger partial charge in [-0.05, 0) is 30.5 Å². The van der Waals surface area contributed by atoms with E-state index >= 15 is 0 Å². The maximum Gasteiger partial charge on any atom is 0.306 e. The molecule has 2 N–H and O–H groups in total.